The zero-order valence-electron chi connectivity index (χ0n) is 9.46. The van der Waals surface area contributed by atoms with Crippen molar-refractivity contribution in [2.75, 3.05) is 13.2 Å². The lowest BCUT2D eigenvalue weighted by molar-refractivity contribution is 0.0978. The Morgan fingerprint density at radius 1 is 1.16 bits per heavy atom. The highest BCUT2D eigenvalue weighted by atomic mass is 35.6. The maximum atomic E-state index is 11.7. The highest BCUT2D eigenvalue weighted by Gasteiger charge is 2.22. The van der Waals surface area contributed by atoms with E-state index in [-0.39, 0.29) is 12.3 Å². The third kappa shape index (κ3) is 6.87. The van der Waals surface area contributed by atoms with E-state index in [0.29, 0.717) is 10.6 Å². The van der Waals surface area contributed by atoms with Gasteiger partial charge in [0.1, 0.15) is 6.61 Å². The van der Waals surface area contributed by atoms with E-state index >= 15 is 0 Å². The van der Waals surface area contributed by atoms with Crippen LogP contribution in [0.3, 0.4) is 0 Å². The number of carbonyl (C=O) groups excluding carboxylic acids is 2. The second-order valence-corrected chi connectivity index (χ2v) is 6.43. The molecule has 0 unspecified atom stereocenters. The van der Waals surface area contributed by atoms with Crippen LogP contribution in [0.2, 0.25) is 5.02 Å². The number of halogens is 4. The van der Waals surface area contributed by atoms with Gasteiger partial charge in [-0.25, -0.2) is 4.79 Å². The number of rotatable bonds is 4. The van der Waals surface area contributed by atoms with Gasteiger partial charge in [-0.2, -0.15) is 0 Å². The molecule has 0 atom stereocenters. The Labute approximate surface area is 129 Å². The van der Waals surface area contributed by atoms with Crippen LogP contribution in [-0.2, 0) is 4.74 Å². The standard InChI is InChI=1S/C11H9Cl4NO3/c12-8-3-1-7(2-4-8)9(17)5-16-10(18)19-6-11(13,14)15/h1-4H,5-6H2,(H,16,18). The van der Waals surface area contributed by atoms with Gasteiger partial charge in [0.05, 0.1) is 6.54 Å². The average Bonchev–Trinajstić information content (AvgIpc) is 2.33. The molecule has 104 valence electrons. The lowest BCUT2D eigenvalue weighted by Gasteiger charge is -2.11. The topological polar surface area (TPSA) is 55.4 Å². The van der Waals surface area contributed by atoms with Gasteiger partial charge < -0.3 is 10.1 Å². The van der Waals surface area contributed by atoms with Gasteiger partial charge in [0.2, 0.25) is 3.79 Å². The van der Waals surface area contributed by atoms with E-state index in [1.54, 1.807) is 24.3 Å². The smallest absolute Gasteiger partial charge is 0.407 e. The van der Waals surface area contributed by atoms with Gasteiger partial charge in [-0.3, -0.25) is 4.79 Å². The van der Waals surface area contributed by atoms with Gasteiger partial charge in [0.25, 0.3) is 0 Å². The van der Waals surface area contributed by atoms with E-state index in [9.17, 15) is 9.59 Å². The van der Waals surface area contributed by atoms with Gasteiger partial charge in [0, 0.05) is 10.6 Å². The molecule has 0 spiro atoms. The van der Waals surface area contributed by atoms with Crippen molar-refractivity contribution in [1.29, 1.82) is 0 Å². The number of hydrogen-bond acceptors (Lipinski definition) is 3. The fourth-order valence-corrected chi connectivity index (χ4v) is 1.38. The van der Waals surface area contributed by atoms with E-state index in [4.69, 9.17) is 46.4 Å². The van der Waals surface area contributed by atoms with Crippen LogP contribution in [0.5, 0.6) is 0 Å². The van der Waals surface area contributed by atoms with Crippen LogP contribution in [0.1, 0.15) is 10.4 Å². The first-order chi connectivity index (χ1) is 8.78. The third-order valence-electron chi connectivity index (χ3n) is 1.93. The molecule has 0 aliphatic rings. The minimum atomic E-state index is -1.68. The third-order valence-corrected chi connectivity index (χ3v) is 2.51. The molecule has 1 aromatic carbocycles. The van der Waals surface area contributed by atoms with Crippen LogP contribution >= 0.6 is 46.4 Å². The van der Waals surface area contributed by atoms with Crippen LogP contribution in [0, 0.1) is 0 Å². The van der Waals surface area contributed by atoms with Crippen LogP contribution in [0.4, 0.5) is 4.79 Å². The Morgan fingerprint density at radius 2 is 1.74 bits per heavy atom. The molecule has 8 heteroatoms. The largest absolute Gasteiger partial charge is 0.445 e. The molecule has 1 aromatic rings. The van der Waals surface area contributed by atoms with Gasteiger partial charge >= 0.3 is 6.09 Å². The van der Waals surface area contributed by atoms with Crippen molar-refractivity contribution in [3.05, 3.63) is 34.9 Å². The molecule has 0 fully saturated rings. The Kier molecular flexibility index (Phi) is 6.20. The molecular formula is C11H9Cl4NO3. The maximum absolute atomic E-state index is 11.7. The molecule has 0 aliphatic heterocycles. The van der Waals surface area contributed by atoms with Crippen molar-refractivity contribution in [2.24, 2.45) is 0 Å². The Hall–Kier alpha value is -0.680. The molecule has 0 aliphatic carbocycles. The van der Waals surface area contributed by atoms with E-state index in [1.165, 1.54) is 0 Å². The highest BCUT2D eigenvalue weighted by molar-refractivity contribution is 6.67. The predicted octanol–water partition coefficient (Wildman–Crippen LogP) is 3.62. The summed E-state index contributed by atoms with van der Waals surface area (Å²) in [7, 11) is 0. The number of nitrogens with one attached hydrogen (secondary N) is 1. The summed E-state index contributed by atoms with van der Waals surface area (Å²) in [6, 6.07) is 6.27. The predicted molar refractivity (Wildman–Crippen MR) is 75.4 cm³/mol. The van der Waals surface area contributed by atoms with Crippen molar-refractivity contribution < 1.29 is 14.3 Å². The summed E-state index contributed by atoms with van der Waals surface area (Å²) in [5, 5.41) is 2.77. The van der Waals surface area contributed by atoms with Gasteiger partial charge in [-0.15, -0.1) is 0 Å². The molecule has 4 nitrogen and oxygen atoms in total. The van der Waals surface area contributed by atoms with Crippen LogP contribution in [0.25, 0.3) is 0 Å². The Morgan fingerprint density at radius 3 is 2.26 bits per heavy atom. The summed E-state index contributed by atoms with van der Waals surface area (Å²) >= 11 is 21.9. The Balaban J connectivity index is 2.38. The van der Waals surface area contributed by atoms with Gasteiger partial charge in [0.15, 0.2) is 5.78 Å². The second kappa shape index (κ2) is 7.20. The summed E-state index contributed by atoms with van der Waals surface area (Å²) in [5.41, 5.74) is 0.422. The quantitative estimate of drug-likeness (QED) is 0.670. The number of alkyl halides is 3. The number of carbonyl (C=O) groups is 2. The van der Waals surface area contributed by atoms with E-state index in [1.807, 2.05) is 0 Å². The molecule has 0 radical (unpaired) electrons. The zero-order valence-corrected chi connectivity index (χ0v) is 12.5. The van der Waals surface area contributed by atoms with Crippen molar-refractivity contribution >= 4 is 58.3 Å². The second-order valence-electron chi connectivity index (χ2n) is 3.47. The van der Waals surface area contributed by atoms with Crippen molar-refractivity contribution in [1.82, 2.24) is 5.32 Å². The number of hydrogen-bond donors (Lipinski definition) is 1. The Bertz CT molecular complexity index is 456. The highest BCUT2D eigenvalue weighted by Crippen LogP contribution is 2.25. The number of Topliss-reactive ketones (excluding diaryl/α,β-unsaturated/α-hetero) is 1. The molecule has 1 amide bonds. The normalized spacial score (nSPS) is 10.9. The molecule has 0 bridgehead atoms. The summed E-state index contributed by atoms with van der Waals surface area (Å²) in [6.45, 7) is -0.626. The number of amides is 1. The first-order valence-corrected chi connectivity index (χ1v) is 6.55. The van der Waals surface area contributed by atoms with E-state index in [2.05, 4.69) is 10.1 Å². The summed E-state index contributed by atoms with van der Waals surface area (Å²) < 4.78 is 2.91. The van der Waals surface area contributed by atoms with Crippen LogP contribution < -0.4 is 5.32 Å². The molecule has 0 heterocycles. The molecule has 19 heavy (non-hydrogen) atoms. The van der Waals surface area contributed by atoms with Crippen LogP contribution in [-0.4, -0.2) is 28.8 Å². The first kappa shape index (κ1) is 16.4. The fourth-order valence-electron chi connectivity index (χ4n) is 1.09. The molecule has 0 saturated carbocycles. The average molecular weight is 345 g/mol. The summed E-state index contributed by atoms with van der Waals surface area (Å²) in [4.78, 5) is 22.9. The maximum Gasteiger partial charge on any atom is 0.407 e. The molecule has 0 saturated heterocycles. The molecule has 1 N–H and O–H groups in total. The fraction of sp³-hybridized carbons (Fsp3) is 0.273. The summed E-state index contributed by atoms with van der Waals surface area (Å²) in [5.74, 6) is -0.289. The molecule has 0 aromatic heterocycles. The summed E-state index contributed by atoms with van der Waals surface area (Å²) in [6.07, 6.45) is -0.839. The zero-order chi connectivity index (χ0) is 14.5. The first-order valence-electron chi connectivity index (χ1n) is 5.04. The van der Waals surface area contributed by atoms with Gasteiger partial charge in [-0.05, 0) is 24.3 Å². The number of benzene rings is 1. The van der Waals surface area contributed by atoms with Crippen molar-refractivity contribution in [2.45, 2.75) is 3.79 Å². The lowest BCUT2D eigenvalue weighted by atomic mass is 10.1. The van der Waals surface area contributed by atoms with Gasteiger partial charge in [-0.1, -0.05) is 46.4 Å². The molecular weight excluding hydrogens is 336 g/mol. The minimum Gasteiger partial charge on any atom is -0.445 e. The van der Waals surface area contributed by atoms with E-state index < -0.39 is 16.5 Å². The minimum absolute atomic E-state index is 0.222. The number of ether oxygens (including phenoxy) is 1. The monoisotopic (exact) mass is 343 g/mol. The lowest BCUT2D eigenvalue weighted by Crippen LogP contribution is -2.32. The van der Waals surface area contributed by atoms with Crippen LogP contribution in [0.15, 0.2) is 24.3 Å². The number of alkyl carbamates (subject to hydrolysis) is 1. The SMILES string of the molecule is O=C(NCC(=O)c1ccc(Cl)cc1)OCC(Cl)(Cl)Cl. The molecule has 1 rings (SSSR count). The van der Waals surface area contributed by atoms with Crippen molar-refractivity contribution in [3.8, 4) is 0 Å². The number of ketones is 1. The van der Waals surface area contributed by atoms with E-state index in [0.717, 1.165) is 0 Å². The van der Waals surface area contributed by atoms with Crippen molar-refractivity contribution in [3.63, 3.8) is 0 Å².